The number of aryl methyl sites for hydroxylation is 4. The van der Waals surface area contributed by atoms with E-state index in [1.165, 1.54) is 190 Å². The first-order valence-electron chi connectivity index (χ1n) is 55.4. The van der Waals surface area contributed by atoms with E-state index in [0.717, 1.165) is 106 Å². The number of ether oxygens (including phenoxy) is 4. The van der Waals surface area contributed by atoms with Crippen LogP contribution in [0.25, 0.3) is 0 Å². The van der Waals surface area contributed by atoms with Crippen LogP contribution in [0.2, 0.25) is 5.02 Å². The highest BCUT2D eigenvalue weighted by molar-refractivity contribution is 7.99. The molecule has 0 bridgehead atoms. The van der Waals surface area contributed by atoms with Gasteiger partial charge in [-0.25, -0.2) is 8.78 Å². The van der Waals surface area contributed by atoms with E-state index in [4.69, 9.17) is 30.5 Å². The van der Waals surface area contributed by atoms with Crippen LogP contribution in [0.3, 0.4) is 0 Å². The van der Waals surface area contributed by atoms with Crippen molar-refractivity contribution in [1.82, 2.24) is 24.5 Å². The van der Waals surface area contributed by atoms with Crippen molar-refractivity contribution in [2.24, 2.45) is 37.9 Å². The number of halogens is 3. The van der Waals surface area contributed by atoms with Gasteiger partial charge in [-0.15, -0.1) is 0 Å². The fourth-order valence-electron chi connectivity index (χ4n) is 17.1. The maximum absolute atomic E-state index is 12.7. The third-order valence-electron chi connectivity index (χ3n) is 25.2. The minimum absolute atomic E-state index is 0.142. The van der Waals surface area contributed by atoms with E-state index in [-0.39, 0.29) is 28.0 Å². The summed E-state index contributed by atoms with van der Waals surface area (Å²) in [6, 6.07) is 64.1. The monoisotopic (exact) mass is 2060 g/mol. The van der Waals surface area contributed by atoms with Gasteiger partial charge in [-0.1, -0.05) is 328 Å². The van der Waals surface area contributed by atoms with Gasteiger partial charge < -0.3 is 18.9 Å². The summed E-state index contributed by atoms with van der Waals surface area (Å²) in [5, 5.41) is 0.895. The zero-order valence-electron chi connectivity index (χ0n) is 102. The number of thioether (sulfide) groups is 1. The van der Waals surface area contributed by atoms with Gasteiger partial charge in [-0.3, -0.25) is 24.5 Å². The van der Waals surface area contributed by atoms with E-state index in [1.54, 1.807) is 33.5 Å². The van der Waals surface area contributed by atoms with Crippen LogP contribution in [0.4, 0.5) is 8.78 Å². The first-order chi connectivity index (χ1) is 67.3. The standard InChI is InChI=1S/C15H24O2.C13H21N.C12H17Cl.C12H18O.2C12H18.2C11H15F.C10H21N.C9H19N.C8H17NO.C8H17NS/c1-15(2,3)10-6-7-12-8-9-13(16-4)14(11-12)17-5;1-5-14(13(2,3)4)11-12-9-7-6-8-10-12;1-12(2,3)9-8-10-6-4-5-7-11(10)13;1-12(2,3)9-10-5-7-11(13-4)8-6-10;1-10-6-5-7-11(8-10)9-12(2,3)4;1-10-7-5-6-8-11(10)9-12(2,3)4;1-11(2,3)8-9-4-6-10(12)7-5-9;1-11(2,3)8-9-5-4-6-10(12)7-9;1-10(2,3)11-8-6-4-5-7-9-11;1-9(2,3)10-7-5-4-6-8-10;2*1-8(2,3)9-4-6-10-7-5-9/h8-9,11H,6-7,10H2,1-5H3;6-10H,5,11H2,1-4H3;4-7H,8-9H2,1-3H3;5-8H,9H2,1-4H3;2*5-8H,9H2,1-4H3;2*4-7H,8H2,1-3H3;4-9H2,1-3H3;4-8H2,1-3H3;2*4-7H2,1-3H3. The summed E-state index contributed by atoms with van der Waals surface area (Å²) in [5.74, 6) is 4.88. The SMILES string of the molecule is CC(C)(C)CCc1ccccc1Cl.CC(C)(C)Cc1ccc(F)cc1.CC(C)(C)Cc1cccc(F)c1.CC(C)(C)N1CCCCC1.CC(C)(C)N1CCCCCC1.CC(C)(C)N1CCOCC1.CC(C)(C)N1CCSCC1.CCN(Cc1ccccc1)C(C)(C)C.COc1ccc(CC(C)(C)C)cc1.COc1ccc(CCCC(C)(C)C)cc1OC.Cc1cccc(CC(C)(C)C)c1.Cc1ccccc1CC(C)(C)C. The van der Waals surface area contributed by atoms with E-state index >= 15 is 0 Å². The number of likely N-dealkylation sites (tertiary alicyclic amines) is 2. The maximum Gasteiger partial charge on any atom is 0.160 e. The molecule has 9 nitrogen and oxygen atoms in total. The molecular formula is C133H220ClF2N5O4S. The molecule has 0 spiro atoms. The summed E-state index contributed by atoms with van der Waals surface area (Å²) in [5.41, 5.74) is 17.5. The summed E-state index contributed by atoms with van der Waals surface area (Å²) in [4.78, 5) is 12.7. The maximum atomic E-state index is 12.7. The van der Waals surface area contributed by atoms with Gasteiger partial charge in [-0.05, 0) is 383 Å². The Morgan fingerprint density at radius 1 is 0.329 bits per heavy atom. The van der Waals surface area contributed by atoms with Gasteiger partial charge in [0.05, 0.1) is 34.5 Å². The van der Waals surface area contributed by atoms with Crippen LogP contribution >= 0.6 is 23.4 Å². The second-order valence-corrected chi connectivity index (χ2v) is 55.6. The molecule has 146 heavy (non-hydrogen) atoms. The average Bonchev–Trinajstić information content (AvgIpc) is 1.42. The molecule has 4 aliphatic heterocycles. The van der Waals surface area contributed by atoms with E-state index < -0.39 is 0 Å². The number of hydrogen-bond donors (Lipinski definition) is 0. The normalized spacial score (nSPS) is 14.9. The van der Waals surface area contributed by atoms with Crippen LogP contribution in [0.5, 0.6) is 17.2 Å². The van der Waals surface area contributed by atoms with Gasteiger partial charge in [0.15, 0.2) is 11.5 Å². The van der Waals surface area contributed by atoms with Crippen molar-refractivity contribution in [3.05, 3.63) is 266 Å². The second-order valence-electron chi connectivity index (χ2n) is 54.0. The Bertz CT molecular complexity index is 4530. The molecule has 0 amide bonds. The van der Waals surface area contributed by atoms with Crippen LogP contribution in [-0.2, 0) is 56.2 Å². The Balaban J connectivity index is 0.000000798. The zero-order chi connectivity index (χ0) is 111. The molecule has 13 heteroatoms. The van der Waals surface area contributed by atoms with Gasteiger partial charge in [0.25, 0.3) is 0 Å². The number of piperidine rings is 1. The van der Waals surface area contributed by atoms with Crippen LogP contribution < -0.4 is 14.2 Å². The van der Waals surface area contributed by atoms with E-state index in [1.807, 2.05) is 54.6 Å². The number of methoxy groups -OCH3 is 3. The highest BCUT2D eigenvalue weighted by Gasteiger charge is 2.28. The van der Waals surface area contributed by atoms with Crippen molar-refractivity contribution in [1.29, 1.82) is 0 Å². The van der Waals surface area contributed by atoms with Crippen molar-refractivity contribution in [3.8, 4) is 17.2 Å². The average molecular weight is 2060 g/mol. The lowest BCUT2D eigenvalue weighted by Gasteiger charge is -2.38. The quantitative estimate of drug-likeness (QED) is 0.0935. The number of rotatable bonds is 16. The molecular weight excluding hydrogens is 1840 g/mol. The third-order valence-corrected chi connectivity index (χ3v) is 26.5. The Kier molecular flexibility index (Phi) is 63.8. The van der Waals surface area contributed by atoms with Crippen LogP contribution in [0.15, 0.2) is 194 Å². The van der Waals surface area contributed by atoms with Gasteiger partial charge in [-0.2, -0.15) is 11.8 Å². The smallest absolute Gasteiger partial charge is 0.160 e. The molecule has 0 aliphatic carbocycles. The lowest BCUT2D eigenvalue weighted by molar-refractivity contribution is -0.00389. The first-order valence-corrected chi connectivity index (χ1v) is 57.0. The first kappa shape index (κ1) is 137. The Morgan fingerprint density at radius 2 is 0.712 bits per heavy atom. The van der Waals surface area contributed by atoms with Gasteiger partial charge >= 0.3 is 0 Å². The number of nitrogens with zero attached hydrogens (tertiary/aromatic N) is 5. The largest absolute Gasteiger partial charge is 0.497 e. The minimum Gasteiger partial charge on any atom is -0.497 e. The van der Waals surface area contributed by atoms with Crippen molar-refractivity contribution >= 4 is 23.4 Å². The van der Waals surface area contributed by atoms with Crippen molar-refractivity contribution in [2.75, 3.05) is 105 Å². The van der Waals surface area contributed by atoms with Crippen LogP contribution in [0.1, 0.15) is 376 Å². The fourth-order valence-corrected chi connectivity index (χ4v) is 18.2. The molecule has 0 aromatic heterocycles. The molecule has 4 saturated heterocycles. The molecule has 0 atom stereocenters. The molecule has 4 heterocycles. The summed E-state index contributed by atoms with van der Waals surface area (Å²) < 4.78 is 46.1. The summed E-state index contributed by atoms with van der Waals surface area (Å²) in [6.45, 7) is 102. The molecule has 8 aromatic rings. The number of hydrogen-bond acceptors (Lipinski definition) is 10. The Hall–Kier alpha value is -6.58. The molecule has 0 N–H and O–H groups in total. The summed E-state index contributed by atoms with van der Waals surface area (Å²) in [6.07, 6.45) is 21.1. The molecule has 0 saturated carbocycles. The van der Waals surface area contributed by atoms with Gasteiger partial charge in [0.2, 0.25) is 0 Å². The van der Waals surface area contributed by atoms with Gasteiger partial charge in [0, 0.05) is 76.9 Å². The molecule has 4 aliphatic rings. The van der Waals surface area contributed by atoms with Gasteiger partial charge in [0.1, 0.15) is 17.4 Å². The zero-order valence-corrected chi connectivity index (χ0v) is 103. The molecule has 4 fully saturated rings. The van der Waals surface area contributed by atoms with Crippen molar-refractivity contribution in [2.45, 2.75) is 413 Å². The van der Waals surface area contributed by atoms with Crippen molar-refractivity contribution in [3.63, 3.8) is 0 Å². The minimum atomic E-state index is -0.160. The lowest BCUT2D eigenvalue weighted by Crippen LogP contribution is -2.47. The second kappa shape index (κ2) is 67.8. The highest BCUT2D eigenvalue weighted by Crippen LogP contribution is 2.33. The molecule has 0 unspecified atom stereocenters. The predicted octanol–water partition coefficient (Wildman–Crippen LogP) is 36.9. The highest BCUT2D eigenvalue weighted by atomic mass is 35.5. The molecule has 828 valence electrons. The molecule has 12 rings (SSSR count). The molecule has 8 aromatic carbocycles. The lowest BCUT2D eigenvalue weighted by atomic mass is 9.86. The Morgan fingerprint density at radius 3 is 1.10 bits per heavy atom. The Labute approximate surface area is 909 Å². The van der Waals surface area contributed by atoms with Crippen LogP contribution in [0, 0.1) is 63.4 Å². The van der Waals surface area contributed by atoms with E-state index in [2.05, 4.69) is 415 Å². The summed E-state index contributed by atoms with van der Waals surface area (Å²) in [7, 11) is 5.03. The molecule has 0 radical (unpaired) electrons. The van der Waals surface area contributed by atoms with Crippen molar-refractivity contribution < 1.29 is 27.7 Å². The number of benzene rings is 8. The topological polar surface area (TPSA) is 53.1 Å². The van der Waals surface area contributed by atoms with E-state index in [9.17, 15) is 8.78 Å². The van der Waals surface area contributed by atoms with E-state index in [0.29, 0.717) is 49.2 Å². The third kappa shape index (κ3) is 71.3. The van der Waals surface area contributed by atoms with Crippen LogP contribution in [-0.4, -0.2) is 157 Å². The predicted molar refractivity (Wildman–Crippen MR) is 643 cm³/mol. The summed E-state index contributed by atoms with van der Waals surface area (Å²) >= 11 is 8.13. The fraction of sp³-hybridized carbons (Fsp3) is 0.639. The number of morpholine rings is 1.